The molecule has 8 heteroatoms. The van der Waals surface area contributed by atoms with Crippen molar-refractivity contribution in [3.63, 3.8) is 0 Å². The fraction of sp³-hybridized carbons (Fsp3) is 0.304. The third-order valence-electron chi connectivity index (χ3n) is 5.98. The van der Waals surface area contributed by atoms with Crippen LogP contribution in [0.4, 0.5) is 17.2 Å². The minimum Gasteiger partial charge on any atom is -0.338 e. The summed E-state index contributed by atoms with van der Waals surface area (Å²) >= 11 is 0. The largest absolute Gasteiger partial charge is 0.338 e. The lowest BCUT2D eigenvalue weighted by Gasteiger charge is -2.16. The zero-order valence-electron chi connectivity index (χ0n) is 17.2. The first kappa shape index (κ1) is 19.3. The molecule has 8 nitrogen and oxygen atoms in total. The van der Waals surface area contributed by atoms with Gasteiger partial charge in [-0.2, -0.15) is 0 Å². The van der Waals surface area contributed by atoms with Gasteiger partial charge in [-0.1, -0.05) is 12.6 Å². The Balaban J connectivity index is 1.45. The molecule has 0 radical (unpaired) electrons. The molecule has 31 heavy (non-hydrogen) atoms. The molecule has 1 saturated heterocycles. The van der Waals surface area contributed by atoms with Crippen LogP contribution < -0.4 is 10.6 Å². The van der Waals surface area contributed by atoms with Gasteiger partial charge < -0.3 is 19.9 Å². The Labute approximate surface area is 180 Å². The molecule has 4 heterocycles. The normalized spacial score (nSPS) is 18.4. The number of hydrogen-bond acceptors (Lipinski definition) is 5. The van der Waals surface area contributed by atoms with Crippen molar-refractivity contribution >= 4 is 34.7 Å². The Bertz CT molecular complexity index is 1180. The highest BCUT2D eigenvalue weighted by atomic mass is 16.2. The first-order valence-corrected chi connectivity index (χ1v) is 10.6. The molecule has 3 aromatic rings. The molecule has 5 rings (SSSR count). The van der Waals surface area contributed by atoms with Crippen LogP contribution in [0.2, 0.25) is 0 Å². The number of nitrogens with one attached hydrogen (secondary N) is 2. The molecule has 2 N–H and O–H groups in total. The van der Waals surface area contributed by atoms with E-state index < -0.39 is 0 Å². The second kappa shape index (κ2) is 7.86. The van der Waals surface area contributed by atoms with Crippen molar-refractivity contribution < 1.29 is 9.59 Å². The zero-order valence-corrected chi connectivity index (χ0v) is 17.2. The van der Waals surface area contributed by atoms with Gasteiger partial charge in [-0.15, -0.1) is 0 Å². The SMILES string of the molecule is C=CC(=O)N1CCC(c2cn3ccnc3c(Nc3ccc4c(c3)NC(=O)CCC4)n2)C1. The van der Waals surface area contributed by atoms with E-state index in [0.717, 1.165) is 47.5 Å². The van der Waals surface area contributed by atoms with Gasteiger partial charge >= 0.3 is 0 Å². The van der Waals surface area contributed by atoms with Crippen LogP contribution in [0.25, 0.3) is 5.65 Å². The average Bonchev–Trinajstić information content (AvgIpc) is 3.40. The summed E-state index contributed by atoms with van der Waals surface area (Å²) in [4.78, 5) is 35.0. The second-order valence-electron chi connectivity index (χ2n) is 8.05. The van der Waals surface area contributed by atoms with E-state index in [1.165, 1.54) is 6.08 Å². The Kier molecular flexibility index (Phi) is 4.89. The number of imidazole rings is 1. The van der Waals surface area contributed by atoms with Crippen molar-refractivity contribution in [1.29, 1.82) is 0 Å². The molecule has 0 saturated carbocycles. The Morgan fingerprint density at radius 1 is 1.32 bits per heavy atom. The summed E-state index contributed by atoms with van der Waals surface area (Å²) in [5, 5.41) is 6.38. The molecular weight excluding hydrogens is 392 g/mol. The maximum atomic E-state index is 12.0. The molecule has 2 aromatic heterocycles. The van der Waals surface area contributed by atoms with E-state index in [4.69, 9.17) is 4.98 Å². The third-order valence-corrected chi connectivity index (χ3v) is 5.98. The molecular formula is C23H24N6O2. The molecule has 2 aliphatic rings. The zero-order chi connectivity index (χ0) is 21.4. The highest BCUT2D eigenvalue weighted by molar-refractivity contribution is 5.93. The number of hydrogen-bond donors (Lipinski definition) is 2. The summed E-state index contributed by atoms with van der Waals surface area (Å²) in [7, 11) is 0. The highest BCUT2D eigenvalue weighted by Crippen LogP contribution is 2.31. The molecule has 2 amide bonds. The van der Waals surface area contributed by atoms with E-state index in [-0.39, 0.29) is 17.7 Å². The van der Waals surface area contributed by atoms with Gasteiger partial charge in [0.25, 0.3) is 0 Å². The van der Waals surface area contributed by atoms with Crippen molar-refractivity contribution in [2.45, 2.75) is 31.6 Å². The molecule has 0 spiro atoms. The summed E-state index contributed by atoms with van der Waals surface area (Å²) in [6.07, 6.45) is 10.1. The smallest absolute Gasteiger partial charge is 0.245 e. The maximum Gasteiger partial charge on any atom is 0.245 e. The number of anilines is 3. The lowest BCUT2D eigenvalue weighted by Crippen LogP contribution is -2.26. The van der Waals surface area contributed by atoms with Crippen molar-refractivity contribution in [1.82, 2.24) is 19.3 Å². The van der Waals surface area contributed by atoms with E-state index in [1.807, 2.05) is 35.0 Å². The van der Waals surface area contributed by atoms with Crippen LogP contribution in [0.15, 0.2) is 49.4 Å². The van der Waals surface area contributed by atoms with Crippen molar-refractivity contribution in [3.05, 3.63) is 60.7 Å². The lowest BCUT2D eigenvalue weighted by atomic mass is 10.1. The van der Waals surface area contributed by atoms with Gasteiger partial charge in [0.1, 0.15) is 0 Å². The molecule has 1 fully saturated rings. The van der Waals surface area contributed by atoms with Crippen LogP contribution in [-0.2, 0) is 16.0 Å². The van der Waals surface area contributed by atoms with Crippen LogP contribution in [0.1, 0.15) is 36.4 Å². The van der Waals surface area contributed by atoms with E-state index in [0.29, 0.717) is 25.3 Å². The quantitative estimate of drug-likeness (QED) is 0.637. The predicted octanol–water partition coefficient (Wildman–Crippen LogP) is 3.25. The molecule has 2 aliphatic heterocycles. The number of carbonyl (C=O) groups excluding carboxylic acids is 2. The van der Waals surface area contributed by atoms with Gasteiger partial charge in [0.2, 0.25) is 11.8 Å². The minimum absolute atomic E-state index is 0.0448. The molecule has 0 bridgehead atoms. The summed E-state index contributed by atoms with van der Waals surface area (Å²) in [6.45, 7) is 4.91. The van der Waals surface area contributed by atoms with Gasteiger partial charge in [0.15, 0.2) is 11.5 Å². The number of nitrogens with zero attached hydrogens (tertiary/aromatic N) is 4. The predicted molar refractivity (Wildman–Crippen MR) is 118 cm³/mol. The van der Waals surface area contributed by atoms with Gasteiger partial charge in [0, 0.05) is 55.4 Å². The summed E-state index contributed by atoms with van der Waals surface area (Å²) < 4.78 is 1.95. The number of amides is 2. The molecule has 1 unspecified atom stereocenters. The number of aromatic nitrogens is 3. The fourth-order valence-electron chi connectivity index (χ4n) is 4.34. The number of benzene rings is 1. The third kappa shape index (κ3) is 3.76. The van der Waals surface area contributed by atoms with E-state index in [1.54, 1.807) is 11.1 Å². The number of fused-ring (bicyclic) bond motifs is 2. The standard InChI is InChI=1S/C23H24N6O2/c1-2-21(31)28-10-8-16(13-28)19-14-29-11-9-24-23(29)22(27-19)25-17-7-6-15-4-3-5-20(30)26-18(15)12-17/h2,6-7,9,11-12,14,16H,1,3-5,8,10,13H2,(H,25,27)(H,26,30). The number of aryl methyl sites for hydroxylation is 1. The Hall–Kier alpha value is -3.68. The maximum absolute atomic E-state index is 12.0. The monoisotopic (exact) mass is 416 g/mol. The van der Waals surface area contributed by atoms with E-state index >= 15 is 0 Å². The van der Waals surface area contributed by atoms with Crippen LogP contribution in [0.3, 0.4) is 0 Å². The van der Waals surface area contributed by atoms with Crippen LogP contribution in [-0.4, -0.2) is 44.2 Å². The number of likely N-dealkylation sites (tertiary alicyclic amines) is 1. The van der Waals surface area contributed by atoms with E-state index in [2.05, 4.69) is 22.2 Å². The lowest BCUT2D eigenvalue weighted by molar-refractivity contribution is -0.125. The van der Waals surface area contributed by atoms with Gasteiger partial charge in [-0.3, -0.25) is 9.59 Å². The van der Waals surface area contributed by atoms with Crippen LogP contribution >= 0.6 is 0 Å². The Morgan fingerprint density at radius 2 is 2.23 bits per heavy atom. The van der Waals surface area contributed by atoms with Crippen LogP contribution in [0.5, 0.6) is 0 Å². The average molecular weight is 416 g/mol. The molecule has 0 aliphatic carbocycles. The van der Waals surface area contributed by atoms with Gasteiger partial charge in [-0.05, 0) is 43.0 Å². The summed E-state index contributed by atoms with van der Waals surface area (Å²) in [6, 6.07) is 6.00. The first-order valence-electron chi connectivity index (χ1n) is 10.6. The topological polar surface area (TPSA) is 91.6 Å². The summed E-state index contributed by atoms with van der Waals surface area (Å²) in [5.41, 5.74) is 4.46. The molecule has 158 valence electrons. The first-order chi connectivity index (χ1) is 15.1. The number of rotatable bonds is 4. The van der Waals surface area contributed by atoms with Crippen molar-refractivity contribution in [2.24, 2.45) is 0 Å². The van der Waals surface area contributed by atoms with Crippen molar-refractivity contribution in [3.8, 4) is 0 Å². The van der Waals surface area contributed by atoms with Crippen molar-refractivity contribution in [2.75, 3.05) is 23.7 Å². The minimum atomic E-state index is -0.0448. The highest BCUT2D eigenvalue weighted by Gasteiger charge is 2.28. The molecule has 1 atom stereocenters. The van der Waals surface area contributed by atoms with Gasteiger partial charge in [0.05, 0.1) is 5.69 Å². The molecule has 1 aromatic carbocycles. The van der Waals surface area contributed by atoms with Gasteiger partial charge in [-0.25, -0.2) is 9.97 Å². The van der Waals surface area contributed by atoms with Crippen LogP contribution in [0, 0.1) is 0 Å². The van der Waals surface area contributed by atoms with E-state index in [9.17, 15) is 9.59 Å². The number of carbonyl (C=O) groups is 2. The fourth-order valence-corrected chi connectivity index (χ4v) is 4.34. The summed E-state index contributed by atoms with van der Waals surface area (Å²) in [5.74, 6) is 0.807. The second-order valence-corrected chi connectivity index (χ2v) is 8.05. The Morgan fingerprint density at radius 3 is 3.10 bits per heavy atom.